The largest absolute Gasteiger partial charge is 0.321 e. The standard InChI is InChI=1S/C25H24Cl2N6OS/c1-14(2)17-5-7-20(8-6-17)30-24(34)23-22(13-35-25-28-15(3)9-16(4)29-25)33(32-31-23)21-11-18(26)10-19(27)12-21/h5-12,14H,13H2,1-4H3,(H,30,34). The van der Waals surface area contributed by atoms with Crippen molar-refractivity contribution in [2.24, 2.45) is 0 Å². The average molecular weight is 527 g/mol. The van der Waals surface area contributed by atoms with Crippen molar-refractivity contribution in [2.45, 2.75) is 44.5 Å². The molecule has 0 spiro atoms. The van der Waals surface area contributed by atoms with E-state index in [0.29, 0.717) is 43.9 Å². The number of thioether (sulfide) groups is 1. The van der Waals surface area contributed by atoms with Crippen molar-refractivity contribution in [3.05, 3.63) is 86.9 Å². The topological polar surface area (TPSA) is 85.6 Å². The summed E-state index contributed by atoms with van der Waals surface area (Å²) < 4.78 is 1.57. The number of benzene rings is 2. The van der Waals surface area contributed by atoms with E-state index in [1.807, 2.05) is 44.2 Å². The van der Waals surface area contributed by atoms with Crippen molar-refractivity contribution in [1.29, 1.82) is 0 Å². The zero-order chi connectivity index (χ0) is 25.1. The predicted octanol–water partition coefficient (Wildman–Crippen LogP) is 6.65. The van der Waals surface area contributed by atoms with Gasteiger partial charge >= 0.3 is 0 Å². The molecular weight excluding hydrogens is 503 g/mol. The number of aromatic nitrogens is 5. The second kappa shape index (κ2) is 10.8. The molecule has 0 atom stereocenters. The number of carbonyl (C=O) groups is 1. The third-order valence-corrected chi connectivity index (χ3v) is 6.50. The van der Waals surface area contributed by atoms with Gasteiger partial charge < -0.3 is 5.32 Å². The van der Waals surface area contributed by atoms with Crippen LogP contribution in [0.25, 0.3) is 5.69 Å². The van der Waals surface area contributed by atoms with E-state index >= 15 is 0 Å². The van der Waals surface area contributed by atoms with E-state index in [4.69, 9.17) is 23.2 Å². The third kappa shape index (κ3) is 6.20. The second-order valence-electron chi connectivity index (χ2n) is 8.38. The van der Waals surface area contributed by atoms with Crippen molar-refractivity contribution in [1.82, 2.24) is 25.0 Å². The van der Waals surface area contributed by atoms with E-state index in [-0.39, 0.29) is 11.6 Å². The molecule has 0 aliphatic carbocycles. The molecule has 4 aromatic rings. The molecule has 35 heavy (non-hydrogen) atoms. The fraction of sp³-hybridized carbons (Fsp3) is 0.240. The molecule has 0 saturated carbocycles. The molecule has 180 valence electrons. The van der Waals surface area contributed by atoms with Crippen LogP contribution in [0.1, 0.15) is 52.9 Å². The van der Waals surface area contributed by atoms with E-state index in [2.05, 4.69) is 39.4 Å². The number of halogens is 2. The summed E-state index contributed by atoms with van der Waals surface area (Å²) in [5.74, 6) is 0.397. The Bertz CT molecular complexity index is 1330. The summed E-state index contributed by atoms with van der Waals surface area (Å²) in [5, 5.41) is 12.9. The Kier molecular flexibility index (Phi) is 7.74. The first kappa shape index (κ1) is 25.2. The predicted molar refractivity (Wildman–Crippen MR) is 141 cm³/mol. The van der Waals surface area contributed by atoms with Crippen LogP contribution in [0.2, 0.25) is 10.0 Å². The van der Waals surface area contributed by atoms with Crippen molar-refractivity contribution >= 4 is 46.6 Å². The highest BCUT2D eigenvalue weighted by Gasteiger charge is 2.22. The number of hydrogen-bond donors (Lipinski definition) is 1. The molecule has 4 rings (SSSR count). The van der Waals surface area contributed by atoms with Crippen LogP contribution in [0.5, 0.6) is 0 Å². The monoisotopic (exact) mass is 526 g/mol. The molecule has 2 heterocycles. The normalized spacial score (nSPS) is 11.2. The lowest BCUT2D eigenvalue weighted by atomic mass is 10.0. The molecule has 1 N–H and O–H groups in total. The molecule has 1 amide bonds. The fourth-order valence-electron chi connectivity index (χ4n) is 3.51. The molecule has 2 aromatic heterocycles. The van der Waals surface area contributed by atoms with Crippen LogP contribution in [0, 0.1) is 13.8 Å². The first-order valence-corrected chi connectivity index (χ1v) is 12.7. The quantitative estimate of drug-likeness (QED) is 0.214. The van der Waals surface area contributed by atoms with E-state index in [1.54, 1.807) is 22.9 Å². The summed E-state index contributed by atoms with van der Waals surface area (Å²) in [6, 6.07) is 14.7. The number of nitrogens with one attached hydrogen (secondary N) is 1. The fourth-order valence-corrected chi connectivity index (χ4v) is 4.97. The number of amides is 1. The molecule has 0 unspecified atom stereocenters. The number of carbonyl (C=O) groups excluding carboxylic acids is 1. The number of nitrogens with zero attached hydrogens (tertiary/aromatic N) is 5. The van der Waals surface area contributed by atoms with Crippen LogP contribution < -0.4 is 5.32 Å². The van der Waals surface area contributed by atoms with E-state index < -0.39 is 0 Å². The van der Waals surface area contributed by atoms with Gasteiger partial charge in [0.25, 0.3) is 5.91 Å². The van der Waals surface area contributed by atoms with Crippen LogP contribution in [-0.4, -0.2) is 30.9 Å². The average Bonchev–Trinajstić information content (AvgIpc) is 3.21. The molecule has 10 heteroatoms. The molecule has 2 aromatic carbocycles. The van der Waals surface area contributed by atoms with Crippen molar-refractivity contribution in [2.75, 3.05) is 5.32 Å². The summed E-state index contributed by atoms with van der Waals surface area (Å²) in [5.41, 5.74) is 4.99. The summed E-state index contributed by atoms with van der Waals surface area (Å²) in [6.45, 7) is 8.08. The Balaban J connectivity index is 1.67. The minimum absolute atomic E-state index is 0.200. The van der Waals surface area contributed by atoms with Crippen molar-refractivity contribution in [3.63, 3.8) is 0 Å². The highest BCUT2D eigenvalue weighted by atomic mass is 35.5. The van der Waals surface area contributed by atoms with Gasteiger partial charge in [0.05, 0.1) is 11.4 Å². The lowest BCUT2D eigenvalue weighted by Crippen LogP contribution is -2.15. The van der Waals surface area contributed by atoms with Crippen molar-refractivity contribution < 1.29 is 4.79 Å². The van der Waals surface area contributed by atoms with Gasteiger partial charge in [-0.15, -0.1) is 5.10 Å². The lowest BCUT2D eigenvalue weighted by Gasteiger charge is -2.10. The molecule has 0 aliphatic rings. The minimum atomic E-state index is -0.362. The summed E-state index contributed by atoms with van der Waals surface area (Å²) in [4.78, 5) is 22.2. The molecular formula is C25H24Cl2N6OS. The number of aryl methyl sites for hydroxylation is 2. The maximum absolute atomic E-state index is 13.2. The van der Waals surface area contributed by atoms with Gasteiger partial charge in [-0.1, -0.05) is 66.2 Å². The Morgan fingerprint density at radius 2 is 1.63 bits per heavy atom. The third-order valence-electron chi connectivity index (χ3n) is 5.21. The highest BCUT2D eigenvalue weighted by molar-refractivity contribution is 7.98. The smallest absolute Gasteiger partial charge is 0.278 e. The van der Waals surface area contributed by atoms with Gasteiger partial charge in [0.15, 0.2) is 10.9 Å². The molecule has 0 radical (unpaired) electrons. The molecule has 0 bridgehead atoms. The summed E-state index contributed by atoms with van der Waals surface area (Å²) in [7, 11) is 0. The Hall–Kier alpha value is -2.94. The molecule has 0 aliphatic heterocycles. The number of hydrogen-bond acceptors (Lipinski definition) is 6. The Labute approximate surface area is 218 Å². The first-order valence-electron chi connectivity index (χ1n) is 11.0. The highest BCUT2D eigenvalue weighted by Crippen LogP contribution is 2.27. The maximum atomic E-state index is 13.2. The Morgan fingerprint density at radius 3 is 2.23 bits per heavy atom. The van der Waals surface area contributed by atoms with Crippen LogP contribution in [0.15, 0.2) is 53.7 Å². The SMILES string of the molecule is Cc1cc(C)nc(SCc2c(C(=O)Nc3ccc(C(C)C)cc3)nnn2-c2cc(Cl)cc(Cl)c2)n1. The van der Waals surface area contributed by atoms with Crippen LogP contribution >= 0.6 is 35.0 Å². The van der Waals surface area contributed by atoms with Gasteiger partial charge in [-0.25, -0.2) is 14.6 Å². The number of anilines is 1. The van der Waals surface area contributed by atoms with Gasteiger partial charge in [0.1, 0.15) is 0 Å². The van der Waals surface area contributed by atoms with E-state index in [0.717, 1.165) is 11.4 Å². The van der Waals surface area contributed by atoms with Crippen LogP contribution in [0.4, 0.5) is 5.69 Å². The minimum Gasteiger partial charge on any atom is -0.321 e. The summed E-state index contributed by atoms with van der Waals surface area (Å²) >= 11 is 13.8. The number of rotatable bonds is 7. The lowest BCUT2D eigenvalue weighted by molar-refractivity contribution is 0.102. The zero-order valence-electron chi connectivity index (χ0n) is 19.7. The first-order chi connectivity index (χ1) is 16.7. The second-order valence-corrected chi connectivity index (χ2v) is 10.2. The van der Waals surface area contributed by atoms with Gasteiger partial charge in [-0.2, -0.15) is 0 Å². The van der Waals surface area contributed by atoms with Gasteiger partial charge in [0, 0.05) is 32.9 Å². The van der Waals surface area contributed by atoms with Gasteiger partial charge in [0.2, 0.25) is 0 Å². The summed E-state index contributed by atoms with van der Waals surface area (Å²) in [6.07, 6.45) is 0. The van der Waals surface area contributed by atoms with Crippen LogP contribution in [-0.2, 0) is 5.75 Å². The molecule has 0 saturated heterocycles. The molecule has 0 fully saturated rings. The van der Waals surface area contributed by atoms with Crippen molar-refractivity contribution in [3.8, 4) is 5.69 Å². The zero-order valence-corrected chi connectivity index (χ0v) is 22.0. The van der Waals surface area contributed by atoms with Gasteiger partial charge in [-0.3, -0.25) is 4.79 Å². The van der Waals surface area contributed by atoms with Gasteiger partial charge in [-0.05, 0) is 61.7 Å². The maximum Gasteiger partial charge on any atom is 0.278 e. The molecule has 7 nitrogen and oxygen atoms in total. The van der Waals surface area contributed by atoms with E-state index in [9.17, 15) is 4.79 Å². The Morgan fingerprint density at radius 1 is 1.00 bits per heavy atom. The van der Waals surface area contributed by atoms with E-state index in [1.165, 1.54) is 17.3 Å². The van der Waals surface area contributed by atoms with Crippen LogP contribution in [0.3, 0.4) is 0 Å².